The zero-order chi connectivity index (χ0) is 16.8. The summed E-state index contributed by atoms with van der Waals surface area (Å²) in [6.07, 6.45) is 2.51. The predicted molar refractivity (Wildman–Crippen MR) is 92.5 cm³/mol. The summed E-state index contributed by atoms with van der Waals surface area (Å²) < 4.78 is 0. The van der Waals surface area contributed by atoms with E-state index in [0.29, 0.717) is 19.0 Å². The van der Waals surface area contributed by atoms with Gasteiger partial charge in [-0.2, -0.15) is 0 Å². The largest absolute Gasteiger partial charge is 0.340 e. The third-order valence-corrected chi connectivity index (χ3v) is 4.51. The fourth-order valence-corrected chi connectivity index (χ4v) is 2.90. The SMILES string of the molecule is O=C(NCCC(=O)N1CCN(Cc2ccccc2)CC1)NC1CC1. The third kappa shape index (κ3) is 5.23. The number of nitrogens with one attached hydrogen (secondary N) is 2. The Morgan fingerprint density at radius 3 is 2.42 bits per heavy atom. The minimum atomic E-state index is -0.155. The van der Waals surface area contributed by atoms with E-state index in [9.17, 15) is 9.59 Å². The Morgan fingerprint density at radius 2 is 1.75 bits per heavy atom. The van der Waals surface area contributed by atoms with Gasteiger partial charge in [0, 0.05) is 51.7 Å². The van der Waals surface area contributed by atoms with Crippen molar-refractivity contribution in [3.05, 3.63) is 35.9 Å². The fourth-order valence-electron chi connectivity index (χ4n) is 2.90. The van der Waals surface area contributed by atoms with E-state index in [2.05, 4.69) is 39.8 Å². The summed E-state index contributed by atoms with van der Waals surface area (Å²) in [6, 6.07) is 10.6. The highest BCUT2D eigenvalue weighted by Gasteiger charge is 2.23. The smallest absolute Gasteiger partial charge is 0.315 e. The van der Waals surface area contributed by atoms with Gasteiger partial charge in [0.25, 0.3) is 0 Å². The molecule has 24 heavy (non-hydrogen) atoms. The van der Waals surface area contributed by atoms with E-state index in [1.807, 2.05) is 11.0 Å². The minimum absolute atomic E-state index is 0.126. The van der Waals surface area contributed by atoms with Crippen LogP contribution in [0, 0.1) is 0 Å². The Labute approximate surface area is 143 Å². The van der Waals surface area contributed by atoms with E-state index in [-0.39, 0.29) is 11.9 Å². The van der Waals surface area contributed by atoms with Crippen molar-refractivity contribution in [2.75, 3.05) is 32.7 Å². The first kappa shape index (κ1) is 16.8. The normalized spacial score (nSPS) is 18.2. The first-order valence-corrected chi connectivity index (χ1v) is 8.79. The van der Waals surface area contributed by atoms with Crippen LogP contribution in [0.2, 0.25) is 0 Å². The highest BCUT2D eigenvalue weighted by molar-refractivity contribution is 5.78. The number of hydrogen-bond donors (Lipinski definition) is 2. The minimum Gasteiger partial charge on any atom is -0.340 e. The summed E-state index contributed by atoms with van der Waals surface area (Å²) in [7, 11) is 0. The first-order valence-electron chi connectivity index (χ1n) is 8.79. The van der Waals surface area contributed by atoms with Gasteiger partial charge in [0.15, 0.2) is 0 Å². The molecule has 1 saturated carbocycles. The van der Waals surface area contributed by atoms with Crippen molar-refractivity contribution >= 4 is 11.9 Å². The molecule has 130 valence electrons. The van der Waals surface area contributed by atoms with E-state index >= 15 is 0 Å². The van der Waals surface area contributed by atoms with Crippen LogP contribution < -0.4 is 10.6 Å². The van der Waals surface area contributed by atoms with Crippen molar-refractivity contribution in [2.45, 2.75) is 31.8 Å². The Morgan fingerprint density at radius 1 is 1.04 bits per heavy atom. The van der Waals surface area contributed by atoms with Gasteiger partial charge in [-0.15, -0.1) is 0 Å². The average molecular weight is 330 g/mol. The summed E-state index contributed by atoms with van der Waals surface area (Å²) in [5.74, 6) is 0.126. The molecule has 3 amide bonds. The molecule has 0 radical (unpaired) electrons. The summed E-state index contributed by atoms with van der Waals surface area (Å²) in [6.45, 7) is 4.67. The van der Waals surface area contributed by atoms with Gasteiger partial charge in [0.2, 0.25) is 5.91 Å². The molecule has 0 unspecified atom stereocenters. The van der Waals surface area contributed by atoms with Gasteiger partial charge in [0.1, 0.15) is 0 Å². The molecule has 2 N–H and O–H groups in total. The van der Waals surface area contributed by atoms with Crippen LogP contribution in [0.15, 0.2) is 30.3 Å². The lowest BCUT2D eigenvalue weighted by Gasteiger charge is -2.34. The molecule has 6 nitrogen and oxygen atoms in total. The van der Waals surface area contributed by atoms with Crippen LogP contribution in [-0.2, 0) is 11.3 Å². The van der Waals surface area contributed by atoms with Crippen LogP contribution in [0.1, 0.15) is 24.8 Å². The molecule has 1 heterocycles. The van der Waals surface area contributed by atoms with Crippen molar-refractivity contribution in [1.29, 1.82) is 0 Å². The van der Waals surface area contributed by atoms with Gasteiger partial charge in [0.05, 0.1) is 0 Å². The number of piperazine rings is 1. The van der Waals surface area contributed by atoms with Crippen molar-refractivity contribution in [1.82, 2.24) is 20.4 Å². The van der Waals surface area contributed by atoms with E-state index in [0.717, 1.165) is 45.6 Å². The molecule has 1 aromatic rings. The van der Waals surface area contributed by atoms with Crippen LogP contribution in [0.3, 0.4) is 0 Å². The Kier molecular flexibility index (Phi) is 5.69. The third-order valence-electron chi connectivity index (χ3n) is 4.51. The van der Waals surface area contributed by atoms with Crippen LogP contribution in [-0.4, -0.2) is 60.5 Å². The van der Waals surface area contributed by atoms with Gasteiger partial charge in [-0.1, -0.05) is 30.3 Å². The lowest BCUT2D eigenvalue weighted by molar-refractivity contribution is -0.132. The summed E-state index contributed by atoms with van der Waals surface area (Å²) in [4.78, 5) is 28.0. The molecule has 2 fully saturated rings. The van der Waals surface area contributed by atoms with Gasteiger partial charge in [-0.25, -0.2) is 4.79 Å². The Balaban J connectivity index is 1.32. The molecule has 1 aromatic carbocycles. The number of carbonyl (C=O) groups excluding carboxylic acids is 2. The van der Waals surface area contributed by atoms with Gasteiger partial charge < -0.3 is 15.5 Å². The quantitative estimate of drug-likeness (QED) is 0.823. The number of benzene rings is 1. The van der Waals surface area contributed by atoms with Crippen LogP contribution in [0.25, 0.3) is 0 Å². The molecule has 1 aliphatic heterocycles. The highest BCUT2D eigenvalue weighted by atomic mass is 16.2. The standard InChI is InChI=1S/C18H26N4O2/c23-17(8-9-19-18(24)20-16-6-7-16)22-12-10-21(11-13-22)14-15-4-2-1-3-5-15/h1-5,16H,6-14H2,(H2,19,20,24). The monoisotopic (exact) mass is 330 g/mol. The molecule has 1 saturated heterocycles. The zero-order valence-electron chi connectivity index (χ0n) is 14.0. The maximum atomic E-state index is 12.2. The molecule has 0 aromatic heterocycles. The van der Waals surface area contributed by atoms with Gasteiger partial charge in [-0.05, 0) is 18.4 Å². The van der Waals surface area contributed by atoms with Gasteiger partial charge >= 0.3 is 6.03 Å². The molecule has 1 aliphatic carbocycles. The fraction of sp³-hybridized carbons (Fsp3) is 0.556. The average Bonchev–Trinajstić information content (AvgIpc) is 3.40. The Bertz CT molecular complexity index is 551. The number of carbonyl (C=O) groups is 2. The summed E-state index contributed by atoms with van der Waals surface area (Å²) >= 11 is 0. The van der Waals surface area contributed by atoms with Crippen LogP contribution >= 0.6 is 0 Å². The second-order valence-electron chi connectivity index (χ2n) is 6.57. The molecular formula is C18H26N4O2. The predicted octanol–water partition coefficient (Wildman–Crippen LogP) is 1.18. The van der Waals surface area contributed by atoms with E-state index < -0.39 is 0 Å². The van der Waals surface area contributed by atoms with Crippen molar-refractivity contribution in [2.24, 2.45) is 0 Å². The lowest BCUT2D eigenvalue weighted by atomic mass is 10.2. The topological polar surface area (TPSA) is 64.7 Å². The molecular weight excluding hydrogens is 304 g/mol. The van der Waals surface area contributed by atoms with Crippen LogP contribution in [0.4, 0.5) is 4.79 Å². The second-order valence-corrected chi connectivity index (χ2v) is 6.57. The highest BCUT2D eigenvalue weighted by Crippen LogP contribution is 2.18. The molecule has 3 rings (SSSR count). The molecule has 0 atom stereocenters. The number of amides is 3. The van der Waals surface area contributed by atoms with Gasteiger partial charge in [-0.3, -0.25) is 9.69 Å². The number of hydrogen-bond acceptors (Lipinski definition) is 3. The second kappa shape index (κ2) is 8.15. The molecule has 0 bridgehead atoms. The van der Waals surface area contributed by atoms with Crippen molar-refractivity contribution < 1.29 is 9.59 Å². The number of rotatable bonds is 6. The zero-order valence-corrected chi connectivity index (χ0v) is 14.0. The van der Waals surface area contributed by atoms with E-state index in [1.54, 1.807) is 0 Å². The number of urea groups is 1. The van der Waals surface area contributed by atoms with E-state index in [4.69, 9.17) is 0 Å². The van der Waals surface area contributed by atoms with E-state index in [1.165, 1.54) is 5.56 Å². The van der Waals surface area contributed by atoms with Crippen molar-refractivity contribution in [3.63, 3.8) is 0 Å². The van der Waals surface area contributed by atoms with Crippen molar-refractivity contribution in [3.8, 4) is 0 Å². The lowest BCUT2D eigenvalue weighted by Crippen LogP contribution is -2.49. The summed E-state index contributed by atoms with van der Waals surface area (Å²) in [5, 5.41) is 5.61. The molecule has 6 heteroatoms. The Hall–Kier alpha value is -2.08. The summed E-state index contributed by atoms with van der Waals surface area (Å²) in [5.41, 5.74) is 1.31. The molecule has 2 aliphatic rings. The molecule has 0 spiro atoms. The first-order chi connectivity index (χ1) is 11.7. The maximum Gasteiger partial charge on any atom is 0.315 e. The number of nitrogens with zero attached hydrogens (tertiary/aromatic N) is 2. The van der Waals surface area contributed by atoms with Crippen LogP contribution in [0.5, 0.6) is 0 Å². The maximum absolute atomic E-state index is 12.2.